The Morgan fingerprint density at radius 3 is 2.47 bits per heavy atom. The van der Waals surface area contributed by atoms with Crippen molar-refractivity contribution in [2.45, 2.75) is 12.3 Å². The number of alkyl halides is 4. The Morgan fingerprint density at radius 2 is 1.89 bits per heavy atom. The van der Waals surface area contributed by atoms with Gasteiger partial charge in [0.2, 0.25) is 11.2 Å². The Labute approximate surface area is 103 Å². The van der Waals surface area contributed by atoms with Gasteiger partial charge in [0, 0.05) is 0 Å². The second kappa shape index (κ2) is 4.39. The molecule has 0 radical (unpaired) electrons. The molecule has 19 heavy (non-hydrogen) atoms. The van der Waals surface area contributed by atoms with Crippen molar-refractivity contribution in [2.75, 3.05) is 0 Å². The smallest absolute Gasteiger partial charge is 0.365 e. The Morgan fingerprint density at radius 1 is 1.26 bits per heavy atom. The summed E-state index contributed by atoms with van der Waals surface area (Å²) in [5.41, 5.74) is -2.44. The largest absolute Gasteiger partial charge is 0.453 e. The molecule has 7 heteroatoms. The first kappa shape index (κ1) is 13.1. The quantitative estimate of drug-likeness (QED) is 0.789. The lowest BCUT2D eigenvalue weighted by Crippen LogP contribution is -2.27. The van der Waals surface area contributed by atoms with Crippen molar-refractivity contribution < 1.29 is 22.0 Å². The van der Waals surface area contributed by atoms with Crippen molar-refractivity contribution in [3.63, 3.8) is 0 Å². The molecular formula is C12H5F4NO2. The Kier molecular flexibility index (Phi) is 3.02. The molecule has 0 aliphatic rings. The van der Waals surface area contributed by atoms with Crippen LogP contribution in [0, 0.1) is 11.3 Å². The second-order valence-electron chi connectivity index (χ2n) is 3.67. The molecular weight excluding hydrogens is 266 g/mol. The molecule has 0 aliphatic carbocycles. The molecule has 0 atom stereocenters. The summed E-state index contributed by atoms with van der Waals surface area (Å²) in [7, 11) is 0. The average molecular weight is 271 g/mol. The molecule has 1 aromatic heterocycles. The first-order valence-electron chi connectivity index (χ1n) is 5.02. The molecule has 2 rings (SSSR count). The van der Waals surface area contributed by atoms with E-state index in [9.17, 15) is 22.4 Å². The summed E-state index contributed by atoms with van der Waals surface area (Å²) in [6.07, 6.45) is -4.08. The topological polar surface area (TPSA) is 54.0 Å². The van der Waals surface area contributed by atoms with E-state index in [4.69, 9.17) is 5.26 Å². The Hall–Kier alpha value is -2.36. The lowest BCUT2D eigenvalue weighted by atomic mass is 10.1. The van der Waals surface area contributed by atoms with E-state index in [-0.39, 0.29) is 11.0 Å². The highest BCUT2D eigenvalue weighted by atomic mass is 19.3. The van der Waals surface area contributed by atoms with Gasteiger partial charge in [-0.05, 0) is 12.1 Å². The first-order valence-corrected chi connectivity index (χ1v) is 5.02. The number of halogens is 4. The third kappa shape index (κ3) is 1.95. The highest BCUT2D eigenvalue weighted by Crippen LogP contribution is 2.36. The van der Waals surface area contributed by atoms with Gasteiger partial charge in [-0.15, -0.1) is 0 Å². The van der Waals surface area contributed by atoms with Gasteiger partial charge in [-0.25, -0.2) is 8.78 Å². The normalized spacial score (nSPS) is 11.8. The van der Waals surface area contributed by atoms with Crippen LogP contribution in [0.1, 0.15) is 11.3 Å². The van der Waals surface area contributed by atoms with E-state index < -0.39 is 29.1 Å². The molecule has 0 aliphatic heterocycles. The van der Waals surface area contributed by atoms with Crippen LogP contribution in [0.4, 0.5) is 17.6 Å². The van der Waals surface area contributed by atoms with Gasteiger partial charge in [0.05, 0.1) is 5.39 Å². The van der Waals surface area contributed by atoms with Crippen molar-refractivity contribution in [2.24, 2.45) is 0 Å². The van der Waals surface area contributed by atoms with E-state index in [1.54, 1.807) is 0 Å². The minimum absolute atomic E-state index is 0.118. The lowest BCUT2D eigenvalue weighted by molar-refractivity contribution is -0.147. The zero-order valence-corrected chi connectivity index (χ0v) is 9.16. The predicted octanol–water partition coefficient (Wildman–Crippen LogP) is 3.02. The fourth-order valence-corrected chi connectivity index (χ4v) is 1.58. The van der Waals surface area contributed by atoms with E-state index in [0.29, 0.717) is 0 Å². The number of para-hydroxylation sites is 1. The molecule has 2 aromatic rings. The Balaban J connectivity index is 2.90. The SMILES string of the molecule is N#Cc1c(C(F)(F)C(F)F)oc2ccccc2c1=O. The summed E-state index contributed by atoms with van der Waals surface area (Å²) >= 11 is 0. The summed E-state index contributed by atoms with van der Waals surface area (Å²) in [6.45, 7) is 0. The zero-order valence-electron chi connectivity index (χ0n) is 9.16. The molecule has 1 aromatic carbocycles. The molecule has 0 N–H and O–H groups in total. The highest BCUT2D eigenvalue weighted by molar-refractivity contribution is 5.78. The number of nitrogens with zero attached hydrogens (tertiary/aromatic N) is 1. The first-order chi connectivity index (χ1) is 8.89. The average Bonchev–Trinajstić information content (AvgIpc) is 2.38. The summed E-state index contributed by atoms with van der Waals surface area (Å²) in [6, 6.07) is 6.46. The van der Waals surface area contributed by atoms with Crippen LogP contribution in [-0.2, 0) is 5.92 Å². The van der Waals surface area contributed by atoms with Crippen molar-refractivity contribution >= 4 is 11.0 Å². The second-order valence-corrected chi connectivity index (χ2v) is 3.67. The van der Waals surface area contributed by atoms with Crippen LogP contribution in [-0.4, -0.2) is 6.43 Å². The number of hydrogen-bond donors (Lipinski definition) is 0. The molecule has 0 fully saturated rings. The van der Waals surface area contributed by atoms with Crippen molar-refractivity contribution in [3.8, 4) is 6.07 Å². The predicted molar refractivity (Wildman–Crippen MR) is 57.1 cm³/mol. The van der Waals surface area contributed by atoms with Gasteiger partial charge in [-0.3, -0.25) is 4.79 Å². The van der Waals surface area contributed by atoms with E-state index in [1.165, 1.54) is 30.3 Å². The summed E-state index contributed by atoms with van der Waals surface area (Å²) in [5, 5.41) is 8.60. The standard InChI is InChI=1S/C12H5F4NO2/c13-11(14)12(15,16)10-7(5-17)9(18)6-3-1-2-4-8(6)19-10/h1-4,11H. The molecule has 0 bridgehead atoms. The van der Waals surface area contributed by atoms with Crippen LogP contribution in [0.3, 0.4) is 0 Å². The van der Waals surface area contributed by atoms with E-state index >= 15 is 0 Å². The number of nitriles is 1. The molecule has 1 heterocycles. The van der Waals surface area contributed by atoms with Crippen molar-refractivity contribution in [1.82, 2.24) is 0 Å². The Bertz CT molecular complexity index is 731. The third-order valence-corrected chi connectivity index (χ3v) is 2.49. The molecule has 0 spiro atoms. The van der Waals surface area contributed by atoms with Crippen LogP contribution >= 0.6 is 0 Å². The number of hydrogen-bond acceptors (Lipinski definition) is 3. The highest BCUT2D eigenvalue weighted by Gasteiger charge is 2.48. The van der Waals surface area contributed by atoms with Gasteiger partial charge >= 0.3 is 12.3 Å². The lowest BCUT2D eigenvalue weighted by Gasteiger charge is -2.15. The maximum absolute atomic E-state index is 13.3. The van der Waals surface area contributed by atoms with Crippen LogP contribution in [0.15, 0.2) is 33.5 Å². The van der Waals surface area contributed by atoms with Crippen LogP contribution < -0.4 is 5.43 Å². The molecule has 0 saturated carbocycles. The van der Waals surface area contributed by atoms with E-state index in [0.717, 1.165) is 0 Å². The van der Waals surface area contributed by atoms with Crippen molar-refractivity contribution in [3.05, 3.63) is 45.8 Å². The van der Waals surface area contributed by atoms with Crippen molar-refractivity contribution in [1.29, 1.82) is 5.26 Å². The fourth-order valence-electron chi connectivity index (χ4n) is 1.58. The van der Waals surface area contributed by atoms with E-state index in [2.05, 4.69) is 4.42 Å². The minimum atomic E-state index is -4.70. The molecule has 0 amide bonds. The van der Waals surface area contributed by atoms with Gasteiger partial charge in [-0.2, -0.15) is 14.0 Å². The maximum atomic E-state index is 13.3. The van der Waals surface area contributed by atoms with Gasteiger partial charge in [0.15, 0.2) is 0 Å². The molecule has 0 saturated heterocycles. The molecule has 3 nitrogen and oxygen atoms in total. The summed E-state index contributed by atoms with van der Waals surface area (Å²) in [4.78, 5) is 11.8. The van der Waals surface area contributed by atoms with Gasteiger partial charge in [0.25, 0.3) is 0 Å². The van der Waals surface area contributed by atoms with Gasteiger partial charge < -0.3 is 4.42 Å². The monoisotopic (exact) mass is 271 g/mol. The third-order valence-electron chi connectivity index (χ3n) is 2.49. The van der Waals surface area contributed by atoms with Gasteiger partial charge in [0.1, 0.15) is 17.2 Å². The fraction of sp³-hybridized carbons (Fsp3) is 0.167. The molecule has 0 unspecified atom stereocenters. The van der Waals surface area contributed by atoms with Crippen LogP contribution in [0.25, 0.3) is 11.0 Å². The number of fused-ring (bicyclic) bond motifs is 1. The summed E-state index contributed by atoms with van der Waals surface area (Å²) < 4.78 is 55.9. The van der Waals surface area contributed by atoms with E-state index in [1.807, 2.05) is 0 Å². The number of benzene rings is 1. The van der Waals surface area contributed by atoms with Crippen LogP contribution in [0.2, 0.25) is 0 Å². The summed E-state index contributed by atoms with van der Waals surface area (Å²) in [5.74, 6) is -6.30. The van der Waals surface area contributed by atoms with Crippen LogP contribution in [0.5, 0.6) is 0 Å². The molecule has 98 valence electrons. The number of rotatable bonds is 2. The van der Waals surface area contributed by atoms with Gasteiger partial charge in [-0.1, -0.05) is 12.1 Å². The minimum Gasteiger partial charge on any atom is -0.453 e. The zero-order chi connectivity index (χ0) is 14.2. The maximum Gasteiger partial charge on any atom is 0.365 e.